The lowest BCUT2D eigenvalue weighted by Crippen LogP contribution is -2.39. The number of methoxy groups -OCH3 is 1. The number of hydrogen-bond acceptors (Lipinski definition) is 6. The molecule has 0 amide bonds. The molecule has 1 saturated heterocycles. The third kappa shape index (κ3) is 7.50. The average molecular weight is 554 g/mol. The predicted molar refractivity (Wildman–Crippen MR) is 168 cm³/mol. The molecule has 3 aromatic carbocycles. The minimum absolute atomic E-state index is 0.520. The number of anilines is 2. The van der Waals surface area contributed by atoms with Crippen molar-refractivity contribution in [2.24, 2.45) is 11.8 Å². The highest BCUT2D eigenvalue weighted by Crippen LogP contribution is 2.37. The first-order valence-electron chi connectivity index (χ1n) is 14.8. The van der Waals surface area contributed by atoms with Crippen LogP contribution in [0.2, 0.25) is 0 Å². The maximum Gasteiger partial charge on any atom is 0.163 e. The average Bonchev–Trinajstić information content (AvgIpc) is 2.96. The molecule has 41 heavy (non-hydrogen) atoms. The molecule has 6 heteroatoms. The number of rotatable bonds is 11. The fourth-order valence-corrected chi connectivity index (χ4v) is 5.79. The van der Waals surface area contributed by atoms with Gasteiger partial charge in [-0.05, 0) is 84.7 Å². The maximum atomic E-state index is 6.29. The van der Waals surface area contributed by atoms with E-state index in [0.717, 1.165) is 58.6 Å². The Morgan fingerprint density at radius 2 is 1.56 bits per heavy atom. The van der Waals surface area contributed by atoms with Crippen molar-refractivity contribution in [1.82, 2.24) is 9.88 Å². The molecule has 2 atom stereocenters. The normalized spacial score (nSPS) is 17.5. The summed E-state index contributed by atoms with van der Waals surface area (Å²) < 4.78 is 18.2. The van der Waals surface area contributed by atoms with Gasteiger partial charge in [-0.25, -0.2) is 0 Å². The number of nitrogens with one attached hydrogen (secondary N) is 1. The van der Waals surface area contributed by atoms with Gasteiger partial charge in [-0.3, -0.25) is 4.98 Å². The van der Waals surface area contributed by atoms with E-state index in [2.05, 4.69) is 67.2 Å². The van der Waals surface area contributed by atoms with Crippen molar-refractivity contribution in [2.75, 3.05) is 38.7 Å². The second kappa shape index (κ2) is 13.3. The number of fused-ring (bicyclic) bond motifs is 1. The largest absolute Gasteiger partial charge is 0.493 e. The van der Waals surface area contributed by atoms with E-state index in [0.29, 0.717) is 24.0 Å². The van der Waals surface area contributed by atoms with Gasteiger partial charge in [0, 0.05) is 48.7 Å². The van der Waals surface area contributed by atoms with Gasteiger partial charge in [0.25, 0.3) is 0 Å². The molecular weight excluding hydrogens is 510 g/mol. The van der Waals surface area contributed by atoms with Crippen molar-refractivity contribution in [2.45, 2.75) is 46.5 Å². The fraction of sp³-hybridized carbons (Fsp3) is 0.400. The van der Waals surface area contributed by atoms with Gasteiger partial charge in [0.1, 0.15) is 11.5 Å². The molecular formula is C35H43N3O3. The van der Waals surface area contributed by atoms with E-state index in [-0.39, 0.29) is 0 Å². The second-order valence-corrected chi connectivity index (χ2v) is 11.8. The first-order valence-corrected chi connectivity index (χ1v) is 14.8. The van der Waals surface area contributed by atoms with Crippen LogP contribution in [-0.4, -0.2) is 43.2 Å². The van der Waals surface area contributed by atoms with Gasteiger partial charge >= 0.3 is 0 Å². The molecule has 5 rings (SSSR count). The summed E-state index contributed by atoms with van der Waals surface area (Å²) in [4.78, 5) is 7.15. The van der Waals surface area contributed by atoms with Gasteiger partial charge in [0.05, 0.1) is 19.2 Å². The van der Waals surface area contributed by atoms with Gasteiger partial charge < -0.3 is 24.4 Å². The van der Waals surface area contributed by atoms with E-state index in [9.17, 15) is 0 Å². The molecule has 1 fully saturated rings. The molecule has 1 N–H and O–H groups in total. The zero-order valence-corrected chi connectivity index (χ0v) is 25.0. The van der Waals surface area contributed by atoms with E-state index in [1.54, 1.807) is 13.3 Å². The maximum absolute atomic E-state index is 6.29. The van der Waals surface area contributed by atoms with E-state index < -0.39 is 0 Å². The van der Waals surface area contributed by atoms with Crippen LogP contribution in [0.15, 0.2) is 72.9 Å². The molecule has 0 radical (unpaired) electrons. The molecule has 1 aromatic heterocycles. The van der Waals surface area contributed by atoms with E-state index in [1.165, 1.54) is 25.1 Å². The summed E-state index contributed by atoms with van der Waals surface area (Å²) in [6.45, 7) is 13.2. The minimum Gasteiger partial charge on any atom is -0.493 e. The number of likely N-dealkylation sites (tertiary alicyclic amines) is 1. The van der Waals surface area contributed by atoms with Crippen LogP contribution in [0.5, 0.6) is 23.0 Å². The first-order chi connectivity index (χ1) is 19.9. The molecule has 0 bridgehead atoms. The minimum atomic E-state index is 0.520. The second-order valence-electron chi connectivity index (χ2n) is 11.8. The summed E-state index contributed by atoms with van der Waals surface area (Å²) in [5.41, 5.74) is 4.20. The van der Waals surface area contributed by atoms with E-state index >= 15 is 0 Å². The van der Waals surface area contributed by atoms with Crippen LogP contribution in [0.3, 0.4) is 0 Å². The Balaban J connectivity index is 1.22. The van der Waals surface area contributed by atoms with Crippen LogP contribution in [0.25, 0.3) is 10.9 Å². The number of ether oxygens (including phenoxy) is 3. The van der Waals surface area contributed by atoms with Crippen LogP contribution in [0, 0.1) is 11.8 Å². The number of hydrogen-bond donors (Lipinski definition) is 1. The van der Waals surface area contributed by atoms with Crippen molar-refractivity contribution in [3.8, 4) is 23.0 Å². The smallest absolute Gasteiger partial charge is 0.163 e. The van der Waals surface area contributed by atoms with Crippen molar-refractivity contribution in [3.63, 3.8) is 0 Å². The van der Waals surface area contributed by atoms with Crippen LogP contribution in [0.1, 0.15) is 52.0 Å². The third-order valence-corrected chi connectivity index (χ3v) is 7.76. The summed E-state index contributed by atoms with van der Waals surface area (Å²) in [7, 11) is 1.67. The Bertz CT molecular complexity index is 1410. The Labute approximate surface area is 244 Å². The van der Waals surface area contributed by atoms with Crippen molar-refractivity contribution < 1.29 is 14.2 Å². The highest BCUT2D eigenvalue weighted by atomic mass is 16.5. The Morgan fingerprint density at radius 3 is 2.22 bits per heavy atom. The third-order valence-electron chi connectivity index (χ3n) is 7.76. The Morgan fingerprint density at radius 1 is 0.878 bits per heavy atom. The lowest BCUT2D eigenvalue weighted by molar-refractivity contribution is 0.132. The van der Waals surface area contributed by atoms with Gasteiger partial charge in [-0.2, -0.15) is 0 Å². The highest BCUT2D eigenvalue weighted by Gasteiger charge is 2.21. The Kier molecular flexibility index (Phi) is 9.30. The van der Waals surface area contributed by atoms with E-state index in [1.807, 2.05) is 42.5 Å². The molecule has 1 aliphatic heterocycles. The zero-order valence-electron chi connectivity index (χ0n) is 25.0. The summed E-state index contributed by atoms with van der Waals surface area (Å²) in [5, 5.41) is 4.33. The summed E-state index contributed by atoms with van der Waals surface area (Å²) >= 11 is 0. The number of pyridine rings is 1. The molecule has 2 heterocycles. The summed E-state index contributed by atoms with van der Waals surface area (Å²) in [6, 6.07) is 22.3. The molecule has 0 spiro atoms. The van der Waals surface area contributed by atoms with Crippen molar-refractivity contribution in [1.29, 1.82) is 0 Å². The SMILES string of the molecule is COc1cc2c(Oc3ccc(Nc4ccc(C(C)C)cc4)cc3)ccnc2cc1OCCCN1CC(C)CC(C)C1. The number of nitrogens with zero attached hydrogens (tertiary/aromatic N) is 2. The predicted octanol–water partition coefficient (Wildman–Crippen LogP) is 8.65. The molecule has 216 valence electrons. The van der Waals surface area contributed by atoms with E-state index in [4.69, 9.17) is 14.2 Å². The lowest BCUT2D eigenvalue weighted by atomic mass is 9.92. The van der Waals surface area contributed by atoms with Crippen molar-refractivity contribution >= 4 is 22.3 Å². The molecule has 4 aromatic rings. The number of benzene rings is 3. The zero-order chi connectivity index (χ0) is 28.8. The van der Waals surface area contributed by atoms with Gasteiger partial charge in [-0.15, -0.1) is 0 Å². The van der Waals surface area contributed by atoms with Gasteiger partial charge in [0.2, 0.25) is 0 Å². The number of piperidine rings is 1. The van der Waals surface area contributed by atoms with Crippen LogP contribution in [-0.2, 0) is 0 Å². The van der Waals surface area contributed by atoms with Crippen LogP contribution >= 0.6 is 0 Å². The van der Waals surface area contributed by atoms with Gasteiger partial charge in [0.15, 0.2) is 11.5 Å². The summed E-state index contributed by atoms with van der Waals surface area (Å²) in [6.07, 6.45) is 4.07. The topological polar surface area (TPSA) is 55.9 Å². The van der Waals surface area contributed by atoms with Crippen LogP contribution < -0.4 is 19.5 Å². The quantitative estimate of drug-likeness (QED) is 0.188. The molecule has 1 aliphatic rings. The molecule has 0 aliphatic carbocycles. The number of aromatic nitrogens is 1. The fourth-order valence-electron chi connectivity index (χ4n) is 5.79. The van der Waals surface area contributed by atoms with Gasteiger partial charge in [-0.1, -0.05) is 39.8 Å². The first kappa shape index (κ1) is 28.7. The lowest BCUT2D eigenvalue weighted by Gasteiger charge is -2.34. The standard InChI is InChI=1S/C35H43N3O3/c1-24(2)27-7-9-28(10-8-27)37-29-11-13-30(14-12-29)41-33-15-16-36-32-21-35(34(39-5)20-31(32)33)40-18-6-17-38-22-25(3)19-26(4)23-38/h7-16,20-21,24-26,37H,6,17-19,22-23H2,1-5H3. The van der Waals surface area contributed by atoms with Crippen LogP contribution in [0.4, 0.5) is 11.4 Å². The Hall–Kier alpha value is -3.77. The van der Waals surface area contributed by atoms with Crippen molar-refractivity contribution in [3.05, 3.63) is 78.5 Å². The molecule has 6 nitrogen and oxygen atoms in total. The highest BCUT2D eigenvalue weighted by molar-refractivity contribution is 5.88. The monoisotopic (exact) mass is 553 g/mol. The summed E-state index contributed by atoms with van der Waals surface area (Å²) in [5.74, 6) is 4.92. The molecule has 2 unspecified atom stereocenters. The molecule has 0 saturated carbocycles.